The number of rotatable bonds is 5. The Morgan fingerprint density at radius 2 is 2.16 bits per heavy atom. The van der Waals surface area contributed by atoms with Gasteiger partial charge in [-0.05, 0) is 18.9 Å². The highest BCUT2D eigenvalue weighted by Gasteiger charge is 2.13. The summed E-state index contributed by atoms with van der Waals surface area (Å²) in [5.74, 6) is -0.111. The molecule has 4 nitrogen and oxygen atoms in total. The minimum atomic E-state index is -0.111. The number of aromatic nitrogens is 1. The molecule has 19 heavy (non-hydrogen) atoms. The van der Waals surface area contributed by atoms with Crippen LogP contribution in [-0.4, -0.2) is 23.5 Å². The maximum absolute atomic E-state index is 11.8. The minimum Gasteiger partial charge on any atom is -0.381 e. The molecule has 1 fully saturated rings. The van der Waals surface area contributed by atoms with Gasteiger partial charge in [-0.25, -0.2) is 0 Å². The van der Waals surface area contributed by atoms with Crippen LogP contribution in [0.15, 0.2) is 31.1 Å². The van der Waals surface area contributed by atoms with Gasteiger partial charge in [-0.2, -0.15) is 0 Å². The number of carbonyl (C=O) groups excluding carboxylic acids is 1. The molecule has 0 unspecified atom stereocenters. The van der Waals surface area contributed by atoms with E-state index in [9.17, 15) is 4.79 Å². The zero-order chi connectivity index (χ0) is 13.5. The van der Waals surface area contributed by atoms with Crippen molar-refractivity contribution in [3.63, 3.8) is 0 Å². The largest absolute Gasteiger partial charge is 0.381 e. The number of hydrogen-bond acceptors (Lipinski definition) is 3. The summed E-state index contributed by atoms with van der Waals surface area (Å²) in [6, 6.07) is 2.38. The van der Waals surface area contributed by atoms with Gasteiger partial charge in [0.25, 0.3) is 5.91 Å². The molecule has 0 saturated heterocycles. The van der Waals surface area contributed by atoms with Gasteiger partial charge in [-0.1, -0.05) is 25.3 Å². The summed E-state index contributed by atoms with van der Waals surface area (Å²) in [5.41, 5.74) is 1.51. The van der Waals surface area contributed by atoms with Crippen LogP contribution in [0.3, 0.4) is 0 Å². The molecule has 1 aliphatic rings. The second-order valence-corrected chi connectivity index (χ2v) is 4.94. The molecule has 0 atom stereocenters. The second-order valence-electron chi connectivity index (χ2n) is 4.94. The van der Waals surface area contributed by atoms with E-state index in [0.29, 0.717) is 18.2 Å². The first-order valence-corrected chi connectivity index (χ1v) is 6.90. The monoisotopic (exact) mass is 259 g/mol. The normalized spacial score (nSPS) is 15.8. The van der Waals surface area contributed by atoms with E-state index in [1.807, 2.05) is 6.07 Å². The smallest absolute Gasteiger partial charge is 0.253 e. The number of nitrogens with one attached hydrogen (secondary N) is 2. The van der Waals surface area contributed by atoms with E-state index in [1.54, 1.807) is 18.5 Å². The van der Waals surface area contributed by atoms with E-state index < -0.39 is 0 Å². The van der Waals surface area contributed by atoms with Crippen LogP contribution in [0.1, 0.15) is 42.5 Å². The van der Waals surface area contributed by atoms with Gasteiger partial charge in [0, 0.05) is 25.0 Å². The Morgan fingerprint density at radius 1 is 1.37 bits per heavy atom. The van der Waals surface area contributed by atoms with Crippen molar-refractivity contribution in [1.29, 1.82) is 0 Å². The molecule has 4 heteroatoms. The van der Waals surface area contributed by atoms with Crippen molar-refractivity contribution in [2.45, 2.75) is 38.1 Å². The summed E-state index contributed by atoms with van der Waals surface area (Å²) < 4.78 is 0. The Bertz CT molecular complexity index is 439. The van der Waals surface area contributed by atoms with Crippen LogP contribution < -0.4 is 10.6 Å². The number of amides is 1. The first-order chi connectivity index (χ1) is 9.29. The molecule has 1 heterocycles. The van der Waals surface area contributed by atoms with Crippen LogP contribution in [0, 0.1) is 0 Å². The van der Waals surface area contributed by atoms with Gasteiger partial charge in [-0.3, -0.25) is 9.78 Å². The molecule has 0 aliphatic heterocycles. The molecule has 0 radical (unpaired) electrons. The third kappa shape index (κ3) is 4.09. The summed E-state index contributed by atoms with van der Waals surface area (Å²) in [5, 5.41) is 6.22. The first-order valence-electron chi connectivity index (χ1n) is 6.90. The number of pyridine rings is 1. The van der Waals surface area contributed by atoms with Crippen LogP contribution in [0.5, 0.6) is 0 Å². The molecular formula is C15H21N3O. The lowest BCUT2D eigenvalue weighted by molar-refractivity contribution is 0.0957. The summed E-state index contributed by atoms with van der Waals surface area (Å²) >= 11 is 0. The minimum absolute atomic E-state index is 0.111. The van der Waals surface area contributed by atoms with Crippen molar-refractivity contribution >= 4 is 11.6 Å². The SMILES string of the molecule is C=CCNC(=O)c1cncc(NC2CCCCC2)c1. The highest BCUT2D eigenvalue weighted by Crippen LogP contribution is 2.21. The average molecular weight is 259 g/mol. The lowest BCUT2D eigenvalue weighted by Crippen LogP contribution is -2.25. The van der Waals surface area contributed by atoms with Gasteiger partial charge in [0.1, 0.15) is 0 Å². The molecule has 1 aromatic rings. The number of nitrogens with zero attached hydrogens (tertiary/aromatic N) is 1. The van der Waals surface area contributed by atoms with Crippen molar-refractivity contribution in [2.24, 2.45) is 0 Å². The molecule has 2 rings (SSSR count). The maximum Gasteiger partial charge on any atom is 0.253 e. The fraction of sp³-hybridized carbons (Fsp3) is 0.467. The highest BCUT2D eigenvalue weighted by atomic mass is 16.1. The quantitative estimate of drug-likeness (QED) is 0.799. The third-order valence-corrected chi connectivity index (χ3v) is 3.38. The van der Waals surface area contributed by atoms with Crippen LogP contribution in [0.2, 0.25) is 0 Å². The molecule has 1 aromatic heterocycles. The Morgan fingerprint density at radius 3 is 2.89 bits per heavy atom. The molecule has 1 amide bonds. The molecule has 2 N–H and O–H groups in total. The lowest BCUT2D eigenvalue weighted by Gasteiger charge is -2.23. The molecule has 102 valence electrons. The van der Waals surface area contributed by atoms with Gasteiger partial charge in [0.05, 0.1) is 11.3 Å². The highest BCUT2D eigenvalue weighted by molar-refractivity contribution is 5.94. The van der Waals surface area contributed by atoms with Crippen LogP contribution in [-0.2, 0) is 0 Å². The van der Waals surface area contributed by atoms with Crippen LogP contribution in [0.25, 0.3) is 0 Å². The van der Waals surface area contributed by atoms with E-state index in [2.05, 4.69) is 22.2 Å². The predicted octanol–water partition coefficient (Wildman–Crippen LogP) is 2.74. The van der Waals surface area contributed by atoms with Gasteiger partial charge in [0.2, 0.25) is 0 Å². The van der Waals surface area contributed by atoms with E-state index in [4.69, 9.17) is 0 Å². The van der Waals surface area contributed by atoms with Gasteiger partial charge >= 0.3 is 0 Å². The van der Waals surface area contributed by atoms with Crippen molar-refractivity contribution in [3.8, 4) is 0 Å². The fourth-order valence-corrected chi connectivity index (χ4v) is 2.39. The van der Waals surface area contributed by atoms with Crippen LogP contribution in [0.4, 0.5) is 5.69 Å². The second kappa shape index (κ2) is 6.92. The van der Waals surface area contributed by atoms with Crippen molar-refractivity contribution in [2.75, 3.05) is 11.9 Å². The molecular weight excluding hydrogens is 238 g/mol. The van der Waals surface area contributed by atoms with Gasteiger partial charge in [-0.15, -0.1) is 6.58 Å². The number of carbonyl (C=O) groups is 1. The van der Waals surface area contributed by atoms with E-state index >= 15 is 0 Å². The number of hydrogen-bond donors (Lipinski definition) is 2. The van der Waals surface area contributed by atoms with Crippen LogP contribution >= 0.6 is 0 Å². The summed E-state index contributed by atoms with van der Waals surface area (Å²) in [4.78, 5) is 16.0. The fourth-order valence-electron chi connectivity index (χ4n) is 2.39. The summed E-state index contributed by atoms with van der Waals surface area (Å²) in [6.45, 7) is 4.05. The van der Waals surface area contributed by atoms with E-state index in [1.165, 1.54) is 32.1 Å². The topological polar surface area (TPSA) is 54.0 Å². The summed E-state index contributed by atoms with van der Waals surface area (Å²) in [6.07, 6.45) is 11.3. The molecule has 1 aliphatic carbocycles. The first kappa shape index (κ1) is 13.6. The van der Waals surface area contributed by atoms with Crippen molar-refractivity contribution < 1.29 is 4.79 Å². The Balaban J connectivity index is 1.97. The standard InChI is InChI=1S/C15H21N3O/c1-2-8-17-15(19)12-9-14(11-16-10-12)18-13-6-4-3-5-7-13/h2,9-11,13,18H,1,3-8H2,(H,17,19). The molecule has 1 saturated carbocycles. The summed E-state index contributed by atoms with van der Waals surface area (Å²) in [7, 11) is 0. The van der Waals surface area contributed by atoms with E-state index in [-0.39, 0.29) is 5.91 Å². The third-order valence-electron chi connectivity index (χ3n) is 3.38. The van der Waals surface area contributed by atoms with E-state index in [0.717, 1.165) is 5.69 Å². The maximum atomic E-state index is 11.8. The molecule has 0 aromatic carbocycles. The lowest BCUT2D eigenvalue weighted by atomic mass is 9.95. The average Bonchev–Trinajstić information content (AvgIpc) is 2.46. The Hall–Kier alpha value is -1.84. The van der Waals surface area contributed by atoms with Crippen molar-refractivity contribution in [3.05, 3.63) is 36.7 Å². The van der Waals surface area contributed by atoms with Gasteiger partial charge in [0.15, 0.2) is 0 Å². The van der Waals surface area contributed by atoms with Gasteiger partial charge < -0.3 is 10.6 Å². The van der Waals surface area contributed by atoms with Crippen molar-refractivity contribution in [1.82, 2.24) is 10.3 Å². The zero-order valence-corrected chi connectivity index (χ0v) is 11.2. The number of anilines is 1. The molecule has 0 bridgehead atoms. The Kier molecular flexibility index (Phi) is 4.95. The zero-order valence-electron chi connectivity index (χ0n) is 11.2. The Labute approximate surface area is 114 Å². The predicted molar refractivity (Wildman–Crippen MR) is 77.3 cm³/mol. The molecule has 0 spiro atoms.